The number of nitrogens with one attached hydrogen (secondary N) is 1. The molecule has 0 aromatic rings. The van der Waals surface area contributed by atoms with Gasteiger partial charge in [-0.25, -0.2) is 0 Å². The first-order valence-electron chi connectivity index (χ1n) is 18.7. The van der Waals surface area contributed by atoms with Crippen molar-refractivity contribution in [3.8, 4) is 0 Å². The van der Waals surface area contributed by atoms with Crippen LogP contribution in [-0.2, 0) is 14.3 Å². The molecule has 0 aromatic heterocycles. The van der Waals surface area contributed by atoms with E-state index >= 15 is 0 Å². The molecule has 1 heterocycles. The molecule has 1 rings (SSSR count). The molecule has 0 aromatic carbocycles. The molecule has 9 heteroatoms. The predicted molar refractivity (Wildman–Crippen MR) is 180 cm³/mol. The van der Waals surface area contributed by atoms with Crippen molar-refractivity contribution in [2.75, 3.05) is 13.2 Å². The Hall–Kier alpha value is -0.810. The normalized spacial score (nSPS) is 23.2. The summed E-state index contributed by atoms with van der Waals surface area (Å²) in [4.78, 5) is 12.8. The fourth-order valence-electron chi connectivity index (χ4n) is 6.10. The second-order valence-electron chi connectivity index (χ2n) is 13.4. The van der Waals surface area contributed by atoms with Crippen LogP contribution in [0.5, 0.6) is 0 Å². The molecule has 1 aliphatic heterocycles. The summed E-state index contributed by atoms with van der Waals surface area (Å²) >= 11 is 0. The number of unbranched alkanes of at least 4 members (excludes halogenated alkanes) is 20. The van der Waals surface area contributed by atoms with Gasteiger partial charge in [0.2, 0.25) is 5.91 Å². The molecule has 6 N–H and O–H groups in total. The Kier molecular flexibility index (Phi) is 26.5. The van der Waals surface area contributed by atoms with Crippen molar-refractivity contribution in [3.63, 3.8) is 0 Å². The molecule has 0 radical (unpaired) electrons. The summed E-state index contributed by atoms with van der Waals surface area (Å²) in [5, 5.41) is 53.9. The molecule has 1 amide bonds. The Balaban J connectivity index is 2.42. The van der Waals surface area contributed by atoms with E-state index in [0.717, 1.165) is 38.5 Å². The lowest BCUT2D eigenvalue weighted by atomic mass is 9.99. The van der Waals surface area contributed by atoms with Crippen molar-refractivity contribution in [1.29, 1.82) is 0 Å². The first-order valence-corrected chi connectivity index (χ1v) is 18.7. The van der Waals surface area contributed by atoms with Crippen molar-refractivity contribution in [2.24, 2.45) is 0 Å². The topological polar surface area (TPSA) is 149 Å². The Morgan fingerprint density at radius 2 is 1.11 bits per heavy atom. The lowest BCUT2D eigenvalue weighted by Crippen LogP contribution is -2.60. The quantitative estimate of drug-likeness (QED) is 0.0517. The Bertz CT molecular complexity index is 681. The van der Waals surface area contributed by atoms with E-state index in [0.29, 0.717) is 12.8 Å². The third kappa shape index (κ3) is 20.2. The minimum absolute atomic E-state index is 0.133. The Morgan fingerprint density at radius 1 is 0.667 bits per heavy atom. The summed E-state index contributed by atoms with van der Waals surface area (Å²) in [5.41, 5.74) is 0. The van der Waals surface area contributed by atoms with E-state index in [9.17, 15) is 30.3 Å². The minimum atomic E-state index is -1.55. The standard InChI is InChI=1S/C36H71NO8/c1-3-5-7-9-11-13-14-15-16-18-20-22-24-26-32(40)37-29(30(39)25-23-21-19-17-12-10-8-6-4-2)28-44-36-35(43)34(42)33(41)31(27-38)45-36/h29-31,33-36,38-39,41-43H,3-28H2,1-2H3,(H,37,40)/t29-,30+,31+,33+,34?,35?,36+/m0/s1. The van der Waals surface area contributed by atoms with Gasteiger partial charge in [-0.15, -0.1) is 0 Å². The number of rotatable bonds is 30. The molecule has 0 saturated carbocycles. The lowest BCUT2D eigenvalue weighted by molar-refractivity contribution is -0.302. The van der Waals surface area contributed by atoms with Crippen LogP contribution in [0.25, 0.3) is 0 Å². The van der Waals surface area contributed by atoms with Gasteiger partial charge < -0.3 is 40.3 Å². The molecule has 0 bridgehead atoms. The maximum atomic E-state index is 12.8. The highest BCUT2D eigenvalue weighted by Crippen LogP contribution is 2.23. The van der Waals surface area contributed by atoms with E-state index < -0.39 is 49.5 Å². The van der Waals surface area contributed by atoms with Crippen molar-refractivity contribution < 1.29 is 39.8 Å². The van der Waals surface area contributed by atoms with E-state index in [4.69, 9.17) is 9.47 Å². The minimum Gasteiger partial charge on any atom is -0.394 e. The SMILES string of the molecule is CCCCCCCCCCCCCCCC(=O)N[C@@H](CO[C@@H]1O[C@H](CO)[C@@H](O)C(O)C1O)[C@H](O)CCCCCCCCCCC. The fraction of sp³-hybridized carbons (Fsp3) is 0.972. The van der Waals surface area contributed by atoms with E-state index in [2.05, 4.69) is 19.2 Å². The third-order valence-corrected chi connectivity index (χ3v) is 9.21. The van der Waals surface area contributed by atoms with E-state index in [1.54, 1.807) is 0 Å². The van der Waals surface area contributed by atoms with Crippen LogP contribution in [0.2, 0.25) is 0 Å². The molecule has 7 atom stereocenters. The number of amides is 1. The molecule has 1 aliphatic rings. The van der Waals surface area contributed by atoms with E-state index in [1.807, 2.05) is 0 Å². The molecule has 9 nitrogen and oxygen atoms in total. The van der Waals surface area contributed by atoms with Crippen LogP contribution in [-0.4, -0.2) is 87.5 Å². The van der Waals surface area contributed by atoms with E-state index in [-0.39, 0.29) is 12.5 Å². The summed E-state index contributed by atoms with van der Waals surface area (Å²) in [6, 6.07) is -0.708. The smallest absolute Gasteiger partial charge is 0.220 e. The summed E-state index contributed by atoms with van der Waals surface area (Å²) in [5.74, 6) is -0.147. The second-order valence-corrected chi connectivity index (χ2v) is 13.4. The summed E-state index contributed by atoms with van der Waals surface area (Å²) in [6.45, 7) is 3.78. The van der Waals surface area contributed by atoms with Gasteiger partial charge in [0.1, 0.15) is 24.4 Å². The maximum Gasteiger partial charge on any atom is 0.220 e. The van der Waals surface area contributed by atoms with Crippen molar-refractivity contribution in [3.05, 3.63) is 0 Å². The van der Waals surface area contributed by atoms with Gasteiger partial charge in [-0.2, -0.15) is 0 Å². The van der Waals surface area contributed by atoms with Gasteiger partial charge in [0.25, 0.3) is 0 Å². The molecule has 45 heavy (non-hydrogen) atoms. The molecule has 1 saturated heterocycles. The molecular weight excluding hydrogens is 574 g/mol. The molecule has 2 unspecified atom stereocenters. The highest BCUT2D eigenvalue weighted by atomic mass is 16.7. The van der Waals surface area contributed by atoms with Crippen molar-refractivity contribution >= 4 is 5.91 Å². The number of aliphatic hydroxyl groups excluding tert-OH is 5. The Labute approximate surface area is 274 Å². The van der Waals surface area contributed by atoms with Crippen LogP contribution in [0.15, 0.2) is 0 Å². The van der Waals surface area contributed by atoms with Gasteiger partial charge in [-0.05, 0) is 12.8 Å². The van der Waals surface area contributed by atoms with Crippen LogP contribution in [0.1, 0.15) is 168 Å². The van der Waals surface area contributed by atoms with Crippen LogP contribution in [0.4, 0.5) is 0 Å². The summed E-state index contributed by atoms with van der Waals surface area (Å²) < 4.78 is 11.2. The van der Waals surface area contributed by atoms with Crippen molar-refractivity contribution in [1.82, 2.24) is 5.32 Å². The van der Waals surface area contributed by atoms with Gasteiger partial charge in [0.15, 0.2) is 6.29 Å². The molecule has 0 spiro atoms. The van der Waals surface area contributed by atoms with Gasteiger partial charge in [-0.3, -0.25) is 4.79 Å². The predicted octanol–water partition coefficient (Wildman–Crippen LogP) is 6.05. The highest BCUT2D eigenvalue weighted by molar-refractivity contribution is 5.76. The van der Waals surface area contributed by atoms with Crippen LogP contribution in [0.3, 0.4) is 0 Å². The molecule has 1 fully saturated rings. The van der Waals surface area contributed by atoms with Crippen LogP contribution >= 0.6 is 0 Å². The number of ether oxygens (including phenoxy) is 2. The number of carbonyl (C=O) groups is 1. The maximum absolute atomic E-state index is 12.8. The lowest BCUT2D eigenvalue weighted by Gasteiger charge is -2.40. The van der Waals surface area contributed by atoms with Gasteiger partial charge >= 0.3 is 0 Å². The zero-order valence-corrected chi connectivity index (χ0v) is 28.9. The Morgan fingerprint density at radius 3 is 1.58 bits per heavy atom. The zero-order valence-electron chi connectivity index (χ0n) is 28.9. The van der Waals surface area contributed by atoms with Crippen molar-refractivity contribution in [2.45, 2.75) is 211 Å². The van der Waals surface area contributed by atoms with E-state index in [1.165, 1.54) is 103 Å². The number of carbonyl (C=O) groups excluding carboxylic acids is 1. The number of hydrogen-bond acceptors (Lipinski definition) is 8. The fourth-order valence-corrected chi connectivity index (χ4v) is 6.10. The number of hydrogen-bond donors (Lipinski definition) is 6. The third-order valence-electron chi connectivity index (χ3n) is 9.21. The molecular formula is C36H71NO8. The molecule has 268 valence electrons. The van der Waals surface area contributed by atoms with Gasteiger partial charge in [-0.1, -0.05) is 149 Å². The first kappa shape index (κ1) is 42.2. The first-order chi connectivity index (χ1) is 21.8. The van der Waals surface area contributed by atoms with Gasteiger partial charge in [0.05, 0.1) is 25.4 Å². The average molecular weight is 646 g/mol. The summed E-state index contributed by atoms with van der Waals surface area (Å²) in [7, 11) is 0. The van der Waals surface area contributed by atoms with Crippen LogP contribution in [0, 0.1) is 0 Å². The van der Waals surface area contributed by atoms with Crippen LogP contribution < -0.4 is 5.32 Å². The largest absolute Gasteiger partial charge is 0.394 e. The second kappa shape index (κ2) is 28.2. The number of aliphatic hydroxyl groups is 5. The zero-order chi connectivity index (χ0) is 33.1. The highest BCUT2D eigenvalue weighted by Gasteiger charge is 2.44. The monoisotopic (exact) mass is 646 g/mol. The molecule has 0 aliphatic carbocycles. The average Bonchev–Trinajstić information content (AvgIpc) is 3.04. The van der Waals surface area contributed by atoms with Gasteiger partial charge in [0, 0.05) is 6.42 Å². The summed E-state index contributed by atoms with van der Waals surface area (Å²) in [6.07, 6.45) is 19.7.